The first kappa shape index (κ1) is 16.7. The molecular formula is C16H26N2O2. The van der Waals surface area contributed by atoms with Crippen molar-refractivity contribution in [3.05, 3.63) is 29.8 Å². The number of benzene rings is 1. The van der Waals surface area contributed by atoms with Gasteiger partial charge in [-0.25, -0.2) is 0 Å². The van der Waals surface area contributed by atoms with E-state index in [0.29, 0.717) is 19.6 Å². The van der Waals surface area contributed by atoms with E-state index in [1.165, 1.54) is 0 Å². The minimum absolute atomic E-state index is 0.0753. The van der Waals surface area contributed by atoms with Crippen molar-refractivity contribution in [1.82, 2.24) is 0 Å². The Kier molecular flexibility index (Phi) is 8.67. The highest BCUT2D eigenvalue weighted by molar-refractivity contribution is 5.90. The molecule has 20 heavy (non-hydrogen) atoms. The fraction of sp³-hybridized carbons (Fsp3) is 0.562. The second-order valence-corrected chi connectivity index (χ2v) is 4.84. The van der Waals surface area contributed by atoms with Gasteiger partial charge in [0.1, 0.15) is 0 Å². The molecule has 0 spiro atoms. The number of nitrogens with one attached hydrogen (secondary N) is 1. The summed E-state index contributed by atoms with van der Waals surface area (Å²) in [6, 6.07) is 7.80. The van der Waals surface area contributed by atoms with Crippen LogP contribution in [0.5, 0.6) is 0 Å². The lowest BCUT2D eigenvalue weighted by molar-refractivity contribution is -0.116. The van der Waals surface area contributed by atoms with Crippen molar-refractivity contribution in [3.8, 4) is 0 Å². The van der Waals surface area contributed by atoms with Crippen molar-refractivity contribution >= 4 is 11.6 Å². The summed E-state index contributed by atoms with van der Waals surface area (Å²) in [6.07, 6.45) is 4.70. The number of rotatable bonds is 10. The topological polar surface area (TPSA) is 64.3 Å². The van der Waals surface area contributed by atoms with Gasteiger partial charge in [-0.15, -0.1) is 0 Å². The molecule has 0 heterocycles. The van der Waals surface area contributed by atoms with Crippen LogP contribution in [-0.4, -0.2) is 19.1 Å². The molecule has 0 fully saturated rings. The quantitative estimate of drug-likeness (QED) is 0.646. The Morgan fingerprint density at radius 3 is 2.80 bits per heavy atom. The third kappa shape index (κ3) is 7.26. The van der Waals surface area contributed by atoms with Gasteiger partial charge < -0.3 is 15.8 Å². The molecular weight excluding hydrogens is 252 g/mol. The Morgan fingerprint density at radius 1 is 1.25 bits per heavy atom. The van der Waals surface area contributed by atoms with Crippen molar-refractivity contribution in [2.24, 2.45) is 5.73 Å². The number of ether oxygens (including phenoxy) is 1. The van der Waals surface area contributed by atoms with E-state index in [1.807, 2.05) is 31.2 Å². The highest BCUT2D eigenvalue weighted by Gasteiger charge is 2.03. The predicted octanol–water partition coefficient (Wildman–Crippen LogP) is 3.07. The molecule has 4 heteroatoms. The van der Waals surface area contributed by atoms with Crippen LogP contribution in [0.25, 0.3) is 0 Å². The van der Waals surface area contributed by atoms with E-state index in [9.17, 15) is 4.79 Å². The molecule has 1 rings (SSSR count). The molecule has 0 unspecified atom stereocenters. The molecule has 0 aliphatic heterocycles. The number of nitrogens with two attached hydrogens (primary N) is 1. The van der Waals surface area contributed by atoms with Crippen LogP contribution in [0.3, 0.4) is 0 Å². The van der Waals surface area contributed by atoms with Crippen LogP contribution >= 0.6 is 0 Å². The zero-order chi connectivity index (χ0) is 14.6. The van der Waals surface area contributed by atoms with E-state index in [2.05, 4.69) is 5.32 Å². The van der Waals surface area contributed by atoms with E-state index in [-0.39, 0.29) is 5.91 Å². The van der Waals surface area contributed by atoms with Crippen molar-refractivity contribution in [2.75, 3.05) is 18.5 Å². The molecule has 3 N–H and O–H groups in total. The normalized spacial score (nSPS) is 10.5. The summed E-state index contributed by atoms with van der Waals surface area (Å²) in [7, 11) is 0. The van der Waals surface area contributed by atoms with Gasteiger partial charge in [0.2, 0.25) is 5.91 Å². The number of anilines is 1. The Morgan fingerprint density at radius 2 is 2.05 bits per heavy atom. The summed E-state index contributed by atoms with van der Waals surface area (Å²) < 4.78 is 5.36. The first-order chi connectivity index (χ1) is 9.76. The average molecular weight is 278 g/mol. The molecule has 1 aromatic carbocycles. The lowest BCUT2D eigenvalue weighted by Gasteiger charge is -2.07. The summed E-state index contributed by atoms with van der Waals surface area (Å²) in [5.41, 5.74) is 7.35. The van der Waals surface area contributed by atoms with E-state index in [1.54, 1.807) is 0 Å². The SMILES string of the molecule is CCOCc1cccc(NC(=O)CCCCCCN)c1. The van der Waals surface area contributed by atoms with Crippen LogP contribution in [0.15, 0.2) is 24.3 Å². The molecule has 4 nitrogen and oxygen atoms in total. The molecule has 112 valence electrons. The van der Waals surface area contributed by atoms with Crippen molar-refractivity contribution in [2.45, 2.75) is 45.6 Å². The summed E-state index contributed by atoms with van der Waals surface area (Å²) >= 11 is 0. The van der Waals surface area contributed by atoms with E-state index in [0.717, 1.165) is 43.5 Å². The summed E-state index contributed by atoms with van der Waals surface area (Å²) in [4.78, 5) is 11.8. The lowest BCUT2D eigenvalue weighted by Crippen LogP contribution is -2.11. The fourth-order valence-electron chi connectivity index (χ4n) is 1.97. The highest BCUT2D eigenvalue weighted by Crippen LogP contribution is 2.12. The van der Waals surface area contributed by atoms with E-state index < -0.39 is 0 Å². The maximum Gasteiger partial charge on any atom is 0.224 e. The molecule has 0 bridgehead atoms. The number of carbonyl (C=O) groups is 1. The predicted molar refractivity (Wildman–Crippen MR) is 82.5 cm³/mol. The van der Waals surface area contributed by atoms with Crippen LogP contribution in [0.2, 0.25) is 0 Å². The van der Waals surface area contributed by atoms with Crippen LogP contribution in [0, 0.1) is 0 Å². The van der Waals surface area contributed by atoms with Gasteiger partial charge >= 0.3 is 0 Å². The van der Waals surface area contributed by atoms with Gasteiger partial charge in [-0.05, 0) is 44.0 Å². The Hall–Kier alpha value is -1.39. The second-order valence-electron chi connectivity index (χ2n) is 4.84. The zero-order valence-corrected chi connectivity index (χ0v) is 12.4. The zero-order valence-electron chi connectivity index (χ0n) is 12.4. The second kappa shape index (κ2) is 10.4. The standard InChI is InChI=1S/C16H26N2O2/c1-2-20-13-14-8-7-9-15(12-14)18-16(19)10-5-3-4-6-11-17/h7-9,12H,2-6,10-11,13,17H2,1H3,(H,18,19). The minimum atomic E-state index is 0.0753. The van der Waals surface area contributed by atoms with Crippen LogP contribution in [-0.2, 0) is 16.1 Å². The number of hydrogen-bond donors (Lipinski definition) is 2. The minimum Gasteiger partial charge on any atom is -0.377 e. The van der Waals surface area contributed by atoms with Crippen LogP contribution in [0.1, 0.15) is 44.6 Å². The lowest BCUT2D eigenvalue weighted by atomic mass is 10.1. The first-order valence-electron chi connectivity index (χ1n) is 7.43. The number of amides is 1. The fourth-order valence-corrected chi connectivity index (χ4v) is 1.97. The van der Waals surface area contributed by atoms with Crippen molar-refractivity contribution in [3.63, 3.8) is 0 Å². The third-order valence-electron chi connectivity index (χ3n) is 3.04. The highest BCUT2D eigenvalue weighted by atomic mass is 16.5. The monoisotopic (exact) mass is 278 g/mol. The number of carbonyl (C=O) groups excluding carboxylic acids is 1. The Labute approximate surface area is 121 Å². The van der Waals surface area contributed by atoms with Crippen molar-refractivity contribution in [1.29, 1.82) is 0 Å². The number of unbranched alkanes of at least 4 members (excludes halogenated alkanes) is 3. The molecule has 0 atom stereocenters. The molecule has 0 aromatic heterocycles. The average Bonchev–Trinajstić information content (AvgIpc) is 2.45. The maximum absolute atomic E-state index is 11.8. The molecule has 0 aliphatic rings. The summed E-state index contributed by atoms with van der Waals surface area (Å²) in [5.74, 6) is 0.0753. The summed E-state index contributed by atoms with van der Waals surface area (Å²) in [6.45, 7) is 3.98. The third-order valence-corrected chi connectivity index (χ3v) is 3.04. The largest absolute Gasteiger partial charge is 0.377 e. The van der Waals surface area contributed by atoms with Gasteiger partial charge in [-0.2, -0.15) is 0 Å². The molecule has 0 radical (unpaired) electrons. The Balaban J connectivity index is 2.30. The molecule has 1 amide bonds. The molecule has 0 saturated carbocycles. The molecule has 0 aliphatic carbocycles. The van der Waals surface area contributed by atoms with Gasteiger partial charge in [0, 0.05) is 18.7 Å². The molecule has 0 saturated heterocycles. The number of hydrogen-bond acceptors (Lipinski definition) is 3. The Bertz CT molecular complexity index is 394. The van der Waals surface area contributed by atoms with Gasteiger partial charge in [0.25, 0.3) is 0 Å². The maximum atomic E-state index is 11.8. The van der Waals surface area contributed by atoms with Crippen molar-refractivity contribution < 1.29 is 9.53 Å². The van der Waals surface area contributed by atoms with Gasteiger partial charge in [-0.1, -0.05) is 25.0 Å². The van der Waals surface area contributed by atoms with Crippen LogP contribution < -0.4 is 11.1 Å². The van der Waals surface area contributed by atoms with Gasteiger partial charge in [0.05, 0.1) is 6.61 Å². The van der Waals surface area contributed by atoms with E-state index >= 15 is 0 Å². The van der Waals surface area contributed by atoms with Gasteiger partial charge in [0.15, 0.2) is 0 Å². The van der Waals surface area contributed by atoms with Gasteiger partial charge in [-0.3, -0.25) is 4.79 Å². The molecule has 1 aromatic rings. The summed E-state index contributed by atoms with van der Waals surface area (Å²) in [5, 5.41) is 2.93. The van der Waals surface area contributed by atoms with Crippen LogP contribution in [0.4, 0.5) is 5.69 Å². The van der Waals surface area contributed by atoms with E-state index in [4.69, 9.17) is 10.5 Å². The smallest absolute Gasteiger partial charge is 0.224 e. The first-order valence-corrected chi connectivity index (χ1v) is 7.43.